The fraction of sp³-hybridized carbons (Fsp3) is 0.154. The number of aromatic nitrogens is 3. The van der Waals surface area contributed by atoms with Crippen molar-refractivity contribution in [3.8, 4) is 0 Å². The lowest BCUT2D eigenvalue weighted by Gasteiger charge is -2.06. The molecule has 3 rings (SSSR count). The normalized spacial score (nSPS) is 10.8. The number of anilines is 1. The van der Waals surface area contributed by atoms with Crippen LogP contribution in [0.3, 0.4) is 0 Å². The Morgan fingerprint density at radius 3 is 2.74 bits per heavy atom. The lowest BCUT2D eigenvalue weighted by atomic mass is 10.2. The zero-order valence-electron chi connectivity index (χ0n) is 10.2. The van der Waals surface area contributed by atoms with Gasteiger partial charge in [-0.1, -0.05) is 41.0 Å². The van der Waals surface area contributed by atoms with Gasteiger partial charge in [-0.25, -0.2) is 0 Å². The first-order valence-electron chi connectivity index (χ1n) is 5.81. The zero-order chi connectivity index (χ0) is 13.2. The molecule has 0 radical (unpaired) electrons. The van der Waals surface area contributed by atoms with Crippen LogP contribution in [0, 0.1) is 6.92 Å². The van der Waals surface area contributed by atoms with Crippen LogP contribution in [-0.4, -0.2) is 15.4 Å². The van der Waals surface area contributed by atoms with Crippen LogP contribution >= 0.6 is 11.6 Å². The van der Waals surface area contributed by atoms with Crippen LogP contribution in [-0.2, 0) is 6.54 Å². The van der Waals surface area contributed by atoms with E-state index in [4.69, 9.17) is 16.1 Å². The molecule has 19 heavy (non-hydrogen) atoms. The third-order valence-electron chi connectivity index (χ3n) is 2.75. The van der Waals surface area contributed by atoms with Crippen molar-refractivity contribution in [2.24, 2.45) is 0 Å². The number of fused-ring (bicyclic) bond motifs is 1. The standard InChI is InChI=1S/C13H11ClN4O/c1-8-6-9(19-18-8)7-15-13-11-5-3-2-4-10(11)12(14)16-17-13/h2-6H,7H2,1H3,(H,15,17). The van der Waals surface area contributed by atoms with E-state index in [1.54, 1.807) is 0 Å². The van der Waals surface area contributed by atoms with E-state index in [9.17, 15) is 0 Å². The highest BCUT2D eigenvalue weighted by molar-refractivity contribution is 6.34. The number of hydrogen-bond donors (Lipinski definition) is 1. The number of hydrogen-bond acceptors (Lipinski definition) is 5. The second kappa shape index (κ2) is 4.85. The first-order valence-corrected chi connectivity index (χ1v) is 6.19. The van der Waals surface area contributed by atoms with Gasteiger partial charge in [-0.05, 0) is 6.92 Å². The van der Waals surface area contributed by atoms with E-state index in [0.717, 1.165) is 22.2 Å². The van der Waals surface area contributed by atoms with Crippen LogP contribution in [0.1, 0.15) is 11.5 Å². The molecule has 0 aliphatic carbocycles. The van der Waals surface area contributed by atoms with Gasteiger partial charge in [0.05, 0.1) is 12.2 Å². The zero-order valence-corrected chi connectivity index (χ0v) is 11.0. The molecule has 0 bridgehead atoms. The van der Waals surface area contributed by atoms with Crippen LogP contribution < -0.4 is 5.32 Å². The summed E-state index contributed by atoms with van der Waals surface area (Å²) >= 11 is 6.02. The minimum absolute atomic E-state index is 0.400. The van der Waals surface area contributed by atoms with Crippen molar-refractivity contribution in [3.05, 3.63) is 46.9 Å². The highest BCUT2D eigenvalue weighted by Gasteiger charge is 2.08. The van der Waals surface area contributed by atoms with Gasteiger partial charge in [0, 0.05) is 16.8 Å². The van der Waals surface area contributed by atoms with E-state index < -0.39 is 0 Å². The van der Waals surface area contributed by atoms with E-state index in [2.05, 4.69) is 20.7 Å². The van der Waals surface area contributed by atoms with Crippen LogP contribution in [0.5, 0.6) is 0 Å². The Kier molecular flexibility index (Phi) is 3.05. The number of benzene rings is 1. The Bertz CT molecular complexity index is 725. The summed E-state index contributed by atoms with van der Waals surface area (Å²) in [7, 11) is 0. The minimum atomic E-state index is 0.400. The fourth-order valence-corrected chi connectivity index (χ4v) is 2.07. The third-order valence-corrected chi connectivity index (χ3v) is 3.03. The van der Waals surface area contributed by atoms with Crippen LogP contribution in [0.15, 0.2) is 34.9 Å². The molecule has 2 heterocycles. The molecule has 6 heteroatoms. The molecule has 5 nitrogen and oxygen atoms in total. The van der Waals surface area contributed by atoms with Crippen molar-refractivity contribution in [1.82, 2.24) is 15.4 Å². The van der Waals surface area contributed by atoms with Gasteiger partial charge in [0.2, 0.25) is 0 Å². The van der Waals surface area contributed by atoms with E-state index in [-0.39, 0.29) is 0 Å². The molecule has 1 N–H and O–H groups in total. The largest absolute Gasteiger partial charge is 0.361 e. The first-order chi connectivity index (χ1) is 9.24. The number of halogens is 1. The molecule has 0 spiro atoms. The van der Waals surface area contributed by atoms with E-state index in [1.807, 2.05) is 37.3 Å². The van der Waals surface area contributed by atoms with Crippen molar-refractivity contribution in [3.63, 3.8) is 0 Å². The summed E-state index contributed by atoms with van der Waals surface area (Å²) in [5, 5.41) is 17.2. The Balaban J connectivity index is 1.91. The van der Waals surface area contributed by atoms with E-state index >= 15 is 0 Å². The van der Waals surface area contributed by atoms with Gasteiger partial charge in [0.15, 0.2) is 16.7 Å². The van der Waals surface area contributed by atoms with Crippen molar-refractivity contribution in [2.75, 3.05) is 5.32 Å². The number of aryl methyl sites for hydroxylation is 1. The fourth-order valence-electron chi connectivity index (χ4n) is 1.87. The van der Waals surface area contributed by atoms with Gasteiger partial charge in [-0.2, -0.15) is 0 Å². The topological polar surface area (TPSA) is 63.8 Å². The van der Waals surface area contributed by atoms with Gasteiger partial charge in [-0.3, -0.25) is 0 Å². The van der Waals surface area contributed by atoms with Crippen molar-refractivity contribution in [1.29, 1.82) is 0 Å². The lowest BCUT2D eigenvalue weighted by molar-refractivity contribution is 0.384. The maximum Gasteiger partial charge on any atom is 0.159 e. The molecule has 0 aliphatic rings. The predicted molar refractivity (Wildman–Crippen MR) is 73.1 cm³/mol. The molecule has 1 aromatic carbocycles. The van der Waals surface area contributed by atoms with Gasteiger partial charge >= 0.3 is 0 Å². The highest BCUT2D eigenvalue weighted by atomic mass is 35.5. The van der Waals surface area contributed by atoms with Crippen LogP contribution in [0.4, 0.5) is 5.82 Å². The van der Waals surface area contributed by atoms with Gasteiger partial charge < -0.3 is 9.84 Å². The number of rotatable bonds is 3. The maximum atomic E-state index is 6.02. The van der Waals surface area contributed by atoms with Crippen molar-refractivity contribution in [2.45, 2.75) is 13.5 Å². The third kappa shape index (κ3) is 2.37. The Morgan fingerprint density at radius 2 is 2.00 bits per heavy atom. The molecule has 96 valence electrons. The second-order valence-electron chi connectivity index (χ2n) is 4.17. The Labute approximate surface area is 114 Å². The first kappa shape index (κ1) is 11.9. The summed E-state index contributed by atoms with van der Waals surface area (Å²) in [5.74, 6) is 1.42. The minimum Gasteiger partial charge on any atom is -0.361 e. The summed E-state index contributed by atoms with van der Waals surface area (Å²) in [6.45, 7) is 2.38. The monoisotopic (exact) mass is 274 g/mol. The van der Waals surface area contributed by atoms with Crippen molar-refractivity contribution < 1.29 is 4.52 Å². The van der Waals surface area contributed by atoms with E-state index in [0.29, 0.717) is 17.5 Å². The second-order valence-corrected chi connectivity index (χ2v) is 4.53. The van der Waals surface area contributed by atoms with Gasteiger partial charge in [0.1, 0.15) is 0 Å². The summed E-state index contributed by atoms with van der Waals surface area (Å²) in [5.41, 5.74) is 0.851. The Morgan fingerprint density at radius 1 is 1.21 bits per heavy atom. The van der Waals surface area contributed by atoms with E-state index in [1.165, 1.54) is 0 Å². The van der Waals surface area contributed by atoms with Crippen molar-refractivity contribution >= 4 is 28.2 Å². The molecule has 0 atom stereocenters. The summed E-state index contributed by atoms with van der Waals surface area (Å²) in [4.78, 5) is 0. The predicted octanol–water partition coefficient (Wildman–Crippen LogP) is 3.19. The highest BCUT2D eigenvalue weighted by Crippen LogP contribution is 2.25. The molecule has 0 unspecified atom stereocenters. The molecular formula is C13H11ClN4O. The van der Waals surface area contributed by atoms with Gasteiger partial charge in [-0.15, -0.1) is 10.2 Å². The molecule has 0 amide bonds. The van der Waals surface area contributed by atoms with Crippen LogP contribution in [0.25, 0.3) is 10.8 Å². The average molecular weight is 275 g/mol. The maximum absolute atomic E-state index is 6.02. The lowest BCUT2D eigenvalue weighted by Crippen LogP contribution is -2.02. The molecular weight excluding hydrogens is 264 g/mol. The summed E-state index contributed by atoms with van der Waals surface area (Å²) in [6.07, 6.45) is 0. The summed E-state index contributed by atoms with van der Waals surface area (Å²) < 4.78 is 5.14. The SMILES string of the molecule is Cc1cc(CNc2nnc(Cl)c3ccccc23)on1. The number of nitrogens with zero attached hydrogens (tertiary/aromatic N) is 3. The molecule has 0 saturated carbocycles. The number of nitrogens with one attached hydrogen (secondary N) is 1. The molecule has 0 saturated heterocycles. The van der Waals surface area contributed by atoms with Gasteiger partial charge in [0.25, 0.3) is 0 Å². The molecule has 3 aromatic rings. The molecule has 0 aliphatic heterocycles. The average Bonchev–Trinajstić information content (AvgIpc) is 2.84. The molecule has 2 aromatic heterocycles. The van der Waals surface area contributed by atoms with Crippen LogP contribution in [0.2, 0.25) is 5.15 Å². The summed E-state index contributed by atoms with van der Waals surface area (Å²) in [6, 6.07) is 9.59. The smallest absolute Gasteiger partial charge is 0.159 e. The Hall–Kier alpha value is -2.14. The quantitative estimate of drug-likeness (QED) is 0.795. The molecule has 0 fully saturated rings.